The van der Waals surface area contributed by atoms with Gasteiger partial charge in [-0.05, 0) is 28.1 Å². The second-order valence-corrected chi connectivity index (χ2v) is 6.72. The van der Waals surface area contributed by atoms with E-state index in [-0.39, 0.29) is 6.04 Å². The third-order valence-corrected chi connectivity index (χ3v) is 4.68. The highest BCUT2D eigenvalue weighted by molar-refractivity contribution is 9.10. The molecule has 2 N–H and O–H groups in total. The Kier molecular flexibility index (Phi) is 5.34. The molecule has 1 rings (SSSR count). The summed E-state index contributed by atoms with van der Waals surface area (Å²) in [5, 5.41) is 5.01. The number of hydrogen-bond donors (Lipinski definition) is 1. The first-order valence-electron chi connectivity index (χ1n) is 5.47. The average Bonchev–Trinajstić information content (AvgIpc) is 2.42. The minimum Gasteiger partial charge on any atom is -0.327 e. The van der Waals surface area contributed by atoms with Crippen LogP contribution < -0.4 is 5.73 Å². The van der Waals surface area contributed by atoms with Crippen LogP contribution in [-0.4, -0.2) is 26.8 Å². The van der Waals surface area contributed by atoms with Gasteiger partial charge in [0.15, 0.2) is 0 Å². The number of hydrogen-bond acceptors (Lipinski definition) is 3. The second-order valence-electron chi connectivity index (χ2n) is 4.32. The van der Waals surface area contributed by atoms with Crippen LogP contribution in [0.4, 0.5) is 0 Å². The molecule has 0 bridgehead atoms. The van der Waals surface area contributed by atoms with Crippen LogP contribution in [0.3, 0.4) is 0 Å². The molecule has 0 aromatic carbocycles. The van der Waals surface area contributed by atoms with E-state index in [1.807, 2.05) is 30.4 Å². The van der Waals surface area contributed by atoms with Crippen LogP contribution in [0.15, 0.2) is 4.47 Å². The molecular weight excluding hydrogens is 286 g/mol. The number of nitrogens with zero attached hydrogens (tertiary/aromatic N) is 2. The van der Waals surface area contributed by atoms with Gasteiger partial charge in [-0.15, -0.1) is 0 Å². The van der Waals surface area contributed by atoms with Crippen molar-refractivity contribution in [2.75, 3.05) is 5.75 Å². The van der Waals surface area contributed by atoms with Gasteiger partial charge in [0.25, 0.3) is 0 Å². The first kappa shape index (κ1) is 14.1. The first-order valence-corrected chi connectivity index (χ1v) is 7.31. The molecule has 16 heavy (non-hydrogen) atoms. The summed E-state index contributed by atoms with van der Waals surface area (Å²) in [5.41, 5.74) is 8.34. The number of rotatable bonds is 5. The van der Waals surface area contributed by atoms with Gasteiger partial charge >= 0.3 is 0 Å². The zero-order chi connectivity index (χ0) is 12.3. The van der Waals surface area contributed by atoms with Crippen LogP contribution in [0, 0.1) is 6.92 Å². The molecule has 3 nitrogen and oxygen atoms in total. The minimum absolute atomic E-state index is 0.193. The van der Waals surface area contributed by atoms with Crippen molar-refractivity contribution in [2.24, 2.45) is 12.8 Å². The number of aryl methyl sites for hydroxylation is 2. The summed E-state index contributed by atoms with van der Waals surface area (Å²) in [6.45, 7) is 6.39. The zero-order valence-corrected chi connectivity index (χ0v) is 12.7. The molecule has 1 atom stereocenters. The molecule has 0 aliphatic heterocycles. The summed E-state index contributed by atoms with van der Waals surface area (Å²) in [7, 11) is 1.97. The molecule has 5 heteroatoms. The number of nitrogens with two attached hydrogens (primary N) is 1. The lowest BCUT2D eigenvalue weighted by molar-refractivity contribution is 0.651. The predicted molar refractivity (Wildman–Crippen MR) is 74.9 cm³/mol. The van der Waals surface area contributed by atoms with Gasteiger partial charge in [-0.1, -0.05) is 13.8 Å². The Hall–Kier alpha value is -0.000000000000000111. The van der Waals surface area contributed by atoms with E-state index >= 15 is 0 Å². The van der Waals surface area contributed by atoms with E-state index in [1.165, 1.54) is 5.69 Å². The molecule has 0 aliphatic rings. The van der Waals surface area contributed by atoms with Crippen LogP contribution in [0.2, 0.25) is 0 Å². The molecule has 1 aromatic rings. The molecule has 0 saturated carbocycles. The summed E-state index contributed by atoms with van der Waals surface area (Å²) < 4.78 is 3.01. The third kappa shape index (κ3) is 3.79. The highest BCUT2D eigenvalue weighted by atomic mass is 79.9. The Balaban J connectivity index is 2.59. The van der Waals surface area contributed by atoms with Crippen molar-refractivity contribution < 1.29 is 0 Å². The van der Waals surface area contributed by atoms with Gasteiger partial charge in [0.1, 0.15) is 0 Å². The van der Waals surface area contributed by atoms with Gasteiger partial charge in [-0.3, -0.25) is 4.68 Å². The standard InChI is InChI=1S/C11H20BrN3S/c1-7(2)16-6-9(13)5-10-11(12)8(3)14-15(10)4/h7,9H,5-6,13H2,1-4H3. The van der Waals surface area contributed by atoms with Crippen molar-refractivity contribution >= 4 is 27.7 Å². The SMILES string of the molecule is Cc1nn(C)c(CC(N)CSC(C)C)c1Br. The number of aromatic nitrogens is 2. The quantitative estimate of drug-likeness (QED) is 0.909. The van der Waals surface area contributed by atoms with E-state index in [0.717, 1.165) is 22.3 Å². The fourth-order valence-electron chi connectivity index (χ4n) is 1.53. The smallest absolute Gasteiger partial charge is 0.0738 e. The highest BCUT2D eigenvalue weighted by Crippen LogP contribution is 2.22. The third-order valence-electron chi connectivity index (χ3n) is 2.36. The first-order chi connectivity index (χ1) is 7.41. The molecule has 0 spiro atoms. The molecule has 1 aromatic heterocycles. The van der Waals surface area contributed by atoms with E-state index in [1.54, 1.807) is 0 Å². The van der Waals surface area contributed by atoms with Gasteiger partial charge in [0.05, 0.1) is 15.9 Å². The van der Waals surface area contributed by atoms with Crippen molar-refractivity contribution in [3.63, 3.8) is 0 Å². The van der Waals surface area contributed by atoms with Crippen molar-refractivity contribution in [1.29, 1.82) is 0 Å². The number of halogens is 1. The normalized spacial score (nSPS) is 13.4. The molecule has 1 unspecified atom stereocenters. The Morgan fingerprint density at radius 1 is 1.50 bits per heavy atom. The summed E-state index contributed by atoms with van der Waals surface area (Å²) in [6, 6.07) is 0.193. The molecule has 0 amide bonds. The van der Waals surface area contributed by atoms with Crippen LogP contribution in [0.1, 0.15) is 25.2 Å². The van der Waals surface area contributed by atoms with Crippen LogP contribution >= 0.6 is 27.7 Å². The minimum atomic E-state index is 0.193. The fourth-order valence-corrected chi connectivity index (χ4v) is 2.77. The van der Waals surface area contributed by atoms with Gasteiger partial charge < -0.3 is 5.73 Å². The maximum absolute atomic E-state index is 6.12. The van der Waals surface area contributed by atoms with Gasteiger partial charge in [-0.2, -0.15) is 16.9 Å². The Bertz CT molecular complexity index is 349. The highest BCUT2D eigenvalue weighted by Gasteiger charge is 2.14. The monoisotopic (exact) mass is 305 g/mol. The van der Waals surface area contributed by atoms with Crippen LogP contribution in [0.25, 0.3) is 0 Å². The Morgan fingerprint density at radius 2 is 2.12 bits per heavy atom. The molecule has 0 saturated heterocycles. The van der Waals surface area contributed by atoms with Crippen molar-refractivity contribution in [3.05, 3.63) is 15.9 Å². The van der Waals surface area contributed by atoms with Crippen molar-refractivity contribution in [1.82, 2.24) is 9.78 Å². The molecule has 1 heterocycles. The molecule has 92 valence electrons. The summed E-state index contributed by atoms with van der Waals surface area (Å²) in [5.74, 6) is 0.994. The molecule has 0 fully saturated rings. The van der Waals surface area contributed by atoms with E-state index in [2.05, 4.69) is 34.9 Å². The second kappa shape index (κ2) is 6.07. The average molecular weight is 306 g/mol. The van der Waals surface area contributed by atoms with E-state index < -0.39 is 0 Å². The van der Waals surface area contributed by atoms with Crippen LogP contribution in [0.5, 0.6) is 0 Å². The molecular formula is C11H20BrN3S. The number of thioether (sulfide) groups is 1. The Labute approximate surface area is 110 Å². The van der Waals surface area contributed by atoms with Crippen LogP contribution in [-0.2, 0) is 13.5 Å². The van der Waals surface area contributed by atoms with Gasteiger partial charge in [-0.25, -0.2) is 0 Å². The van der Waals surface area contributed by atoms with Gasteiger partial charge in [0.2, 0.25) is 0 Å². The maximum Gasteiger partial charge on any atom is 0.0738 e. The summed E-state index contributed by atoms with van der Waals surface area (Å²) in [4.78, 5) is 0. The van der Waals surface area contributed by atoms with Crippen molar-refractivity contribution in [2.45, 2.75) is 38.5 Å². The maximum atomic E-state index is 6.12. The topological polar surface area (TPSA) is 43.8 Å². The lowest BCUT2D eigenvalue weighted by Gasteiger charge is -2.13. The summed E-state index contributed by atoms with van der Waals surface area (Å²) >= 11 is 5.47. The fraction of sp³-hybridized carbons (Fsp3) is 0.727. The summed E-state index contributed by atoms with van der Waals surface area (Å²) in [6.07, 6.45) is 0.873. The van der Waals surface area contributed by atoms with E-state index in [0.29, 0.717) is 5.25 Å². The van der Waals surface area contributed by atoms with E-state index in [4.69, 9.17) is 5.73 Å². The zero-order valence-electron chi connectivity index (χ0n) is 10.3. The predicted octanol–water partition coefficient (Wildman–Crippen LogP) is 2.50. The van der Waals surface area contributed by atoms with Crippen molar-refractivity contribution in [3.8, 4) is 0 Å². The molecule has 0 aliphatic carbocycles. The molecule has 0 radical (unpaired) electrons. The lowest BCUT2D eigenvalue weighted by atomic mass is 10.2. The van der Waals surface area contributed by atoms with E-state index in [9.17, 15) is 0 Å². The lowest BCUT2D eigenvalue weighted by Crippen LogP contribution is -2.27. The van der Waals surface area contributed by atoms with Gasteiger partial charge in [0, 0.05) is 25.3 Å². The Morgan fingerprint density at radius 3 is 2.56 bits per heavy atom. The largest absolute Gasteiger partial charge is 0.327 e.